The second-order valence-corrected chi connectivity index (χ2v) is 4.57. The second-order valence-electron chi connectivity index (χ2n) is 4.57. The largest absolute Gasteiger partial charge is 0.357 e. The smallest absolute Gasteiger partial charge is 0.159 e. The molecule has 21 heavy (non-hydrogen) atoms. The number of carbonyl (C=O) groups is 1. The summed E-state index contributed by atoms with van der Waals surface area (Å²) in [7, 11) is 0. The highest BCUT2D eigenvalue weighted by Crippen LogP contribution is 2.16. The summed E-state index contributed by atoms with van der Waals surface area (Å²) in [6.45, 7) is 7.19. The van der Waals surface area contributed by atoms with Crippen LogP contribution in [0, 0.1) is 0 Å². The first kappa shape index (κ1) is 14.7. The molecule has 0 aliphatic carbocycles. The first-order valence-electron chi connectivity index (χ1n) is 6.50. The quantitative estimate of drug-likeness (QED) is 0.363. The molecule has 106 valence electrons. The fraction of sp³-hybridized carbons (Fsp3) is 0.118. The van der Waals surface area contributed by atoms with E-state index in [1.807, 2.05) is 25.1 Å². The van der Waals surface area contributed by atoms with Gasteiger partial charge in [-0.25, -0.2) is 0 Å². The van der Waals surface area contributed by atoms with Gasteiger partial charge in [0.1, 0.15) is 0 Å². The topological polar surface area (TPSA) is 51.6 Å². The lowest BCUT2D eigenvalue weighted by Gasteiger charge is -2.06. The number of pyridine rings is 1. The molecular weight excluding hydrogens is 264 g/mol. The van der Waals surface area contributed by atoms with Crippen LogP contribution in [-0.2, 0) is 4.84 Å². The Hall–Kier alpha value is -2.75. The first-order valence-corrected chi connectivity index (χ1v) is 6.50. The molecule has 1 aromatic heterocycles. The molecule has 0 fully saturated rings. The molecule has 0 bridgehead atoms. The molecule has 0 N–H and O–H groups in total. The molecule has 4 heteroatoms. The number of aromatic nitrogens is 1. The Morgan fingerprint density at radius 1 is 1.14 bits per heavy atom. The molecule has 0 spiro atoms. The summed E-state index contributed by atoms with van der Waals surface area (Å²) in [5.41, 5.74) is 2.92. The lowest BCUT2D eigenvalue weighted by atomic mass is 10.1. The van der Waals surface area contributed by atoms with E-state index in [1.54, 1.807) is 30.6 Å². The number of oxime groups is 1. The summed E-state index contributed by atoms with van der Waals surface area (Å²) in [4.78, 5) is 20.7. The molecule has 0 saturated carbocycles. The van der Waals surface area contributed by atoms with Gasteiger partial charge in [0.2, 0.25) is 0 Å². The zero-order valence-electron chi connectivity index (χ0n) is 12.0. The van der Waals surface area contributed by atoms with Gasteiger partial charge < -0.3 is 4.84 Å². The molecule has 1 heterocycles. The molecule has 0 amide bonds. The number of hydrogen-bond donors (Lipinski definition) is 0. The van der Waals surface area contributed by atoms with Crippen LogP contribution in [0.5, 0.6) is 0 Å². The van der Waals surface area contributed by atoms with Crippen LogP contribution in [0.2, 0.25) is 0 Å². The fourth-order valence-electron chi connectivity index (χ4n) is 1.72. The van der Waals surface area contributed by atoms with E-state index in [0.29, 0.717) is 17.0 Å². The van der Waals surface area contributed by atoms with Gasteiger partial charge in [-0.2, -0.15) is 0 Å². The highest BCUT2D eigenvalue weighted by molar-refractivity contribution is 5.98. The van der Waals surface area contributed by atoms with Gasteiger partial charge in [-0.15, -0.1) is 0 Å². The van der Waals surface area contributed by atoms with E-state index in [9.17, 15) is 4.79 Å². The number of carbonyl (C=O) groups excluding carboxylic acids is 1. The van der Waals surface area contributed by atoms with E-state index in [4.69, 9.17) is 4.84 Å². The Labute approximate surface area is 123 Å². The average Bonchev–Trinajstić information content (AvgIpc) is 2.53. The molecular formula is C17H16N2O2. The molecule has 2 rings (SSSR count). The number of rotatable bonds is 5. The minimum absolute atomic E-state index is 0.000285. The highest BCUT2D eigenvalue weighted by Gasteiger charge is 2.05. The molecule has 0 unspecified atom stereocenters. The van der Waals surface area contributed by atoms with Gasteiger partial charge in [0.15, 0.2) is 11.5 Å². The van der Waals surface area contributed by atoms with Crippen molar-refractivity contribution >= 4 is 17.3 Å². The van der Waals surface area contributed by atoms with Crippen LogP contribution in [0.4, 0.5) is 0 Å². The van der Waals surface area contributed by atoms with Crippen LogP contribution >= 0.6 is 0 Å². The van der Waals surface area contributed by atoms with Crippen LogP contribution < -0.4 is 0 Å². The minimum Gasteiger partial charge on any atom is -0.357 e. The predicted molar refractivity (Wildman–Crippen MR) is 83.0 cm³/mol. The van der Waals surface area contributed by atoms with Gasteiger partial charge in [0.25, 0.3) is 0 Å². The third kappa shape index (κ3) is 3.86. The van der Waals surface area contributed by atoms with Gasteiger partial charge in [0.05, 0.1) is 5.71 Å². The van der Waals surface area contributed by atoms with E-state index >= 15 is 0 Å². The van der Waals surface area contributed by atoms with Crippen molar-refractivity contribution in [3.63, 3.8) is 0 Å². The predicted octanol–water partition coefficient (Wildman–Crippen LogP) is 3.70. The first-order chi connectivity index (χ1) is 10.1. The summed E-state index contributed by atoms with van der Waals surface area (Å²) >= 11 is 0. The Bertz CT molecular complexity index is 691. The maximum absolute atomic E-state index is 11.4. The Kier molecular flexibility index (Phi) is 4.61. The summed E-state index contributed by atoms with van der Waals surface area (Å²) in [6.07, 6.45) is 3.41. The monoisotopic (exact) mass is 280 g/mol. The summed E-state index contributed by atoms with van der Waals surface area (Å²) in [5.74, 6) is 0.390. The summed E-state index contributed by atoms with van der Waals surface area (Å²) in [5, 5.41) is 4.04. The SMILES string of the molecule is C=C(O/N=C(\C)c1cccnc1)c1cccc(C(C)=O)c1. The second kappa shape index (κ2) is 6.61. The minimum atomic E-state index is -0.000285. The lowest BCUT2D eigenvalue weighted by molar-refractivity contribution is 0.101. The number of ketones is 1. The van der Waals surface area contributed by atoms with Crippen molar-refractivity contribution in [1.29, 1.82) is 0 Å². The lowest BCUT2D eigenvalue weighted by Crippen LogP contribution is -1.97. The van der Waals surface area contributed by atoms with Crippen LogP contribution in [0.3, 0.4) is 0 Å². The van der Waals surface area contributed by atoms with Crippen molar-refractivity contribution < 1.29 is 9.63 Å². The average molecular weight is 280 g/mol. The molecule has 0 radical (unpaired) electrons. The zero-order valence-corrected chi connectivity index (χ0v) is 12.0. The number of hydrogen-bond acceptors (Lipinski definition) is 4. The molecule has 0 aliphatic rings. The van der Waals surface area contributed by atoms with E-state index in [-0.39, 0.29) is 5.78 Å². The molecule has 0 saturated heterocycles. The van der Waals surface area contributed by atoms with Crippen molar-refractivity contribution in [2.75, 3.05) is 0 Å². The van der Waals surface area contributed by atoms with E-state index in [2.05, 4.69) is 16.7 Å². The molecule has 4 nitrogen and oxygen atoms in total. The molecule has 2 aromatic rings. The molecule has 0 atom stereocenters. The number of benzene rings is 1. The van der Waals surface area contributed by atoms with Gasteiger partial charge in [0, 0.05) is 29.1 Å². The standard InChI is InChI=1S/C17H16N2O2/c1-12(17-8-5-9-18-11-17)19-21-14(3)16-7-4-6-15(10-16)13(2)20/h4-11H,3H2,1-2H3/b19-12+. The maximum Gasteiger partial charge on any atom is 0.159 e. The maximum atomic E-state index is 11.4. The number of Topliss-reactive ketones (excluding diaryl/α,β-unsaturated/α-hetero) is 1. The normalized spacial score (nSPS) is 11.0. The van der Waals surface area contributed by atoms with Gasteiger partial charge >= 0.3 is 0 Å². The molecule has 1 aromatic carbocycles. The van der Waals surface area contributed by atoms with Crippen molar-refractivity contribution in [3.8, 4) is 0 Å². The highest BCUT2D eigenvalue weighted by atomic mass is 16.6. The Morgan fingerprint density at radius 2 is 1.86 bits per heavy atom. The molecule has 0 aliphatic heterocycles. The van der Waals surface area contributed by atoms with Crippen molar-refractivity contribution in [1.82, 2.24) is 4.98 Å². The summed E-state index contributed by atoms with van der Waals surface area (Å²) < 4.78 is 0. The van der Waals surface area contributed by atoms with E-state index in [0.717, 1.165) is 11.1 Å². The van der Waals surface area contributed by atoms with Gasteiger partial charge in [-0.05, 0) is 32.0 Å². The van der Waals surface area contributed by atoms with Crippen LogP contribution in [0.25, 0.3) is 5.76 Å². The van der Waals surface area contributed by atoms with Crippen LogP contribution in [0.1, 0.15) is 35.3 Å². The summed E-state index contributed by atoms with van der Waals surface area (Å²) in [6, 6.07) is 10.8. The van der Waals surface area contributed by atoms with Gasteiger partial charge in [-0.1, -0.05) is 29.9 Å². The third-order valence-corrected chi connectivity index (χ3v) is 2.96. The fourth-order valence-corrected chi connectivity index (χ4v) is 1.72. The third-order valence-electron chi connectivity index (χ3n) is 2.96. The van der Waals surface area contributed by atoms with Crippen molar-refractivity contribution in [2.45, 2.75) is 13.8 Å². The van der Waals surface area contributed by atoms with E-state index < -0.39 is 0 Å². The number of nitrogens with zero attached hydrogens (tertiary/aromatic N) is 2. The Morgan fingerprint density at radius 3 is 2.52 bits per heavy atom. The zero-order chi connectivity index (χ0) is 15.2. The Balaban J connectivity index is 2.12. The van der Waals surface area contributed by atoms with Gasteiger partial charge in [-0.3, -0.25) is 9.78 Å². The van der Waals surface area contributed by atoms with Crippen molar-refractivity contribution in [2.24, 2.45) is 5.16 Å². The van der Waals surface area contributed by atoms with Crippen molar-refractivity contribution in [3.05, 3.63) is 72.1 Å². The van der Waals surface area contributed by atoms with Crippen LogP contribution in [-0.4, -0.2) is 16.5 Å². The van der Waals surface area contributed by atoms with Crippen LogP contribution in [0.15, 0.2) is 60.5 Å². The van der Waals surface area contributed by atoms with E-state index in [1.165, 1.54) is 6.92 Å².